The summed E-state index contributed by atoms with van der Waals surface area (Å²) in [5, 5.41) is 2.10. The molecule has 0 saturated heterocycles. The molecule has 0 spiro atoms. The van der Waals surface area contributed by atoms with Gasteiger partial charge < -0.3 is 4.42 Å². The first kappa shape index (κ1) is 32.2. The van der Waals surface area contributed by atoms with Gasteiger partial charge in [0.15, 0.2) is 11.6 Å². The van der Waals surface area contributed by atoms with Gasteiger partial charge in [-0.1, -0.05) is 164 Å². The summed E-state index contributed by atoms with van der Waals surface area (Å²) in [6.07, 6.45) is 0. The van der Waals surface area contributed by atoms with Crippen LogP contribution in [0, 0.1) is 0 Å². The van der Waals surface area contributed by atoms with Gasteiger partial charge in [0.05, 0.1) is 22.8 Å². The zero-order valence-corrected chi connectivity index (χ0v) is 29.7. The van der Waals surface area contributed by atoms with Crippen molar-refractivity contribution >= 4 is 21.9 Å². The average Bonchev–Trinajstić information content (AvgIpc) is 3.66. The van der Waals surface area contributed by atoms with Gasteiger partial charge >= 0.3 is 0 Å². The maximum absolute atomic E-state index is 6.53. The Labute approximate surface area is 318 Å². The van der Waals surface area contributed by atoms with Gasteiger partial charge in [-0.15, -0.1) is 0 Å². The highest BCUT2D eigenvalue weighted by Gasteiger charge is 2.17. The summed E-state index contributed by atoms with van der Waals surface area (Å²) in [6, 6.07) is 66.1. The second-order valence-corrected chi connectivity index (χ2v) is 13.5. The number of furan rings is 1. The number of rotatable bonds is 7. The Balaban J connectivity index is 1.04. The van der Waals surface area contributed by atoms with Crippen LogP contribution in [0.25, 0.3) is 101 Å². The average molecular weight is 705 g/mol. The van der Waals surface area contributed by atoms with E-state index in [-0.39, 0.29) is 0 Å². The molecule has 0 aliphatic heterocycles. The lowest BCUT2D eigenvalue weighted by Crippen LogP contribution is -1.96. The Bertz CT molecular complexity index is 2830. The summed E-state index contributed by atoms with van der Waals surface area (Å²) >= 11 is 0. The van der Waals surface area contributed by atoms with Crippen LogP contribution in [-0.4, -0.2) is 19.9 Å². The number of fused-ring (bicyclic) bond motifs is 3. The van der Waals surface area contributed by atoms with E-state index in [9.17, 15) is 0 Å². The van der Waals surface area contributed by atoms with Crippen molar-refractivity contribution in [1.82, 2.24) is 19.9 Å². The first-order valence-corrected chi connectivity index (χ1v) is 18.3. The molecule has 0 bridgehead atoms. The van der Waals surface area contributed by atoms with E-state index in [1.165, 1.54) is 0 Å². The lowest BCUT2D eigenvalue weighted by atomic mass is 9.98. The van der Waals surface area contributed by atoms with Gasteiger partial charge in [-0.25, -0.2) is 19.9 Å². The molecular formula is C50H32N4O. The third-order valence-corrected chi connectivity index (χ3v) is 9.94. The van der Waals surface area contributed by atoms with Crippen LogP contribution in [-0.2, 0) is 0 Å². The third-order valence-electron chi connectivity index (χ3n) is 9.94. The predicted molar refractivity (Wildman–Crippen MR) is 223 cm³/mol. The minimum atomic E-state index is 0.646. The van der Waals surface area contributed by atoms with Crippen LogP contribution in [0.1, 0.15) is 0 Å². The highest BCUT2D eigenvalue weighted by molar-refractivity contribution is 6.13. The Morgan fingerprint density at radius 1 is 0.291 bits per heavy atom. The monoisotopic (exact) mass is 704 g/mol. The molecule has 0 N–H and O–H groups in total. The summed E-state index contributed by atoms with van der Waals surface area (Å²) in [6.45, 7) is 0. The molecule has 0 unspecified atom stereocenters. The summed E-state index contributed by atoms with van der Waals surface area (Å²) in [4.78, 5) is 20.1. The first-order valence-electron chi connectivity index (χ1n) is 18.3. The third kappa shape index (κ3) is 6.24. The van der Waals surface area contributed by atoms with Gasteiger partial charge in [0, 0.05) is 44.2 Å². The van der Waals surface area contributed by atoms with E-state index >= 15 is 0 Å². The molecule has 7 aromatic carbocycles. The SMILES string of the molecule is c1ccc(-c2cc(-c3ccccc3)nc(-c3ccc(-c4cccc5oc6cc(-c7nc(-c8ccccc8)cc(-c8ccccc8)n7)ccc6c45)cc3)n2)cc1. The molecule has 3 heterocycles. The number of nitrogens with zero attached hydrogens (tertiary/aromatic N) is 4. The highest BCUT2D eigenvalue weighted by Crippen LogP contribution is 2.39. The second-order valence-electron chi connectivity index (χ2n) is 13.5. The topological polar surface area (TPSA) is 64.7 Å². The minimum absolute atomic E-state index is 0.646. The van der Waals surface area contributed by atoms with Crippen LogP contribution in [0.2, 0.25) is 0 Å². The quantitative estimate of drug-likeness (QED) is 0.165. The molecular weight excluding hydrogens is 673 g/mol. The molecule has 5 nitrogen and oxygen atoms in total. The Kier molecular flexibility index (Phi) is 8.08. The molecule has 0 amide bonds. The zero-order valence-electron chi connectivity index (χ0n) is 29.7. The first-order chi connectivity index (χ1) is 27.2. The molecule has 0 atom stereocenters. The molecule has 0 saturated carbocycles. The van der Waals surface area contributed by atoms with Crippen molar-refractivity contribution in [2.24, 2.45) is 0 Å². The molecule has 55 heavy (non-hydrogen) atoms. The summed E-state index contributed by atoms with van der Waals surface area (Å²) in [7, 11) is 0. The smallest absolute Gasteiger partial charge is 0.160 e. The fraction of sp³-hybridized carbons (Fsp3) is 0. The van der Waals surface area contributed by atoms with E-state index in [0.29, 0.717) is 11.6 Å². The fourth-order valence-corrected chi connectivity index (χ4v) is 7.18. The minimum Gasteiger partial charge on any atom is -0.456 e. The number of hydrogen-bond donors (Lipinski definition) is 0. The molecule has 10 rings (SSSR count). The van der Waals surface area contributed by atoms with E-state index in [2.05, 4.69) is 109 Å². The summed E-state index contributed by atoms with van der Waals surface area (Å²) < 4.78 is 6.53. The Morgan fingerprint density at radius 2 is 0.709 bits per heavy atom. The van der Waals surface area contributed by atoms with E-state index in [1.807, 2.05) is 84.9 Å². The largest absolute Gasteiger partial charge is 0.456 e. The van der Waals surface area contributed by atoms with Crippen molar-refractivity contribution in [1.29, 1.82) is 0 Å². The summed E-state index contributed by atoms with van der Waals surface area (Å²) in [5.41, 5.74) is 13.3. The van der Waals surface area contributed by atoms with E-state index < -0.39 is 0 Å². The second kappa shape index (κ2) is 13.8. The van der Waals surface area contributed by atoms with E-state index in [0.717, 1.165) is 89.2 Å². The van der Waals surface area contributed by atoms with Crippen LogP contribution in [0.15, 0.2) is 199 Å². The molecule has 10 aromatic rings. The molecule has 0 radical (unpaired) electrons. The van der Waals surface area contributed by atoms with Gasteiger partial charge in [0.2, 0.25) is 0 Å². The summed E-state index contributed by atoms with van der Waals surface area (Å²) in [5.74, 6) is 1.33. The normalized spacial score (nSPS) is 11.3. The van der Waals surface area contributed by atoms with Crippen LogP contribution in [0.3, 0.4) is 0 Å². The van der Waals surface area contributed by atoms with Crippen molar-refractivity contribution < 1.29 is 4.42 Å². The number of aromatic nitrogens is 4. The highest BCUT2D eigenvalue weighted by atomic mass is 16.3. The van der Waals surface area contributed by atoms with Gasteiger partial charge in [0.1, 0.15) is 11.2 Å². The van der Waals surface area contributed by atoms with Crippen molar-refractivity contribution in [2.45, 2.75) is 0 Å². The van der Waals surface area contributed by atoms with Crippen LogP contribution in [0.4, 0.5) is 0 Å². The van der Waals surface area contributed by atoms with Crippen LogP contribution in [0.5, 0.6) is 0 Å². The maximum atomic E-state index is 6.53. The van der Waals surface area contributed by atoms with E-state index in [4.69, 9.17) is 24.4 Å². The molecule has 0 aliphatic rings. The predicted octanol–water partition coefficient (Wildman–Crippen LogP) is 12.8. The Hall–Kier alpha value is -7.50. The van der Waals surface area contributed by atoms with Crippen molar-refractivity contribution in [2.75, 3.05) is 0 Å². The Morgan fingerprint density at radius 3 is 1.18 bits per heavy atom. The fourth-order valence-electron chi connectivity index (χ4n) is 7.18. The molecule has 258 valence electrons. The standard InChI is InChI=1S/C50H32N4O/c1-5-14-34(15-6-1)42-31-43(35-16-7-2-8-17-35)52-49(51-42)38-26-24-33(25-27-38)40-22-13-23-46-48(40)41-29-28-39(30-47(41)55-46)50-53-44(36-18-9-3-10-19-36)32-45(54-50)37-20-11-4-12-21-37/h1-32H. The zero-order chi connectivity index (χ0) is 36.6. The van der Waals surface area contributed by atoms with Gasteiger partial charge in [-0.05, 0) is 41.5 Å². The molecule has 0 fully saturated rings. The van der Waals surface area contributed by atoms with Crippen molar-refractivity contribution in [3.63, 3.8) is 0 Å². The maximum Gasteiger partial charge on any atom is 0.160 e. The lowest BCUT2D eigenvalue weighted by Gasteiger charge is -2.10. The van der Waals surface area contributed by atoms with Gasteiger partial charge in [0.25, 0.3) is 0 Å². The number of hydrogen-bond acceptors (Lipinski definition) is 5. The number of benzene rings is 7. The molecule has 0 aliphatic carbocycles. The van der Waals surface area contributed by atoms with Crippen LogP contribution >= 0.6 is 0 Å². The van der Waals surface area contributed by atoms with Gasteiger partial charge in [-0.2, -0.15) is 0 Å². The van der Waals surface area contributed by atoms with Gasteiger partial charge in [-0.3, -0.25) is 0 Å². The van der Waals surface area contributed by atoms with E-state index in [1.54, 1.807) is 0 Å². The molecule has 5 heteroatoms. The molecule has 3 aromatic heterocycles. The van der Waals surface area contributed by atoms with Crippen molar-refractivity contribution in [3.8, 4) is 78.9 Å². The van der Waals surface area contributed by atoms with Crippen molar-refractivity contribution in [3.05, 3.63) is 194 Å². The van der Waals surface area contributed by atoms with Crippen LogP contribution < -0.4 is 0 Å². The lowest BCUT2D eigenvalue weighted by molar-refractivity contribution is 0.669.